The quantitative estimate of drug-likeness (QED) is 0.918. The molecular formula is C16H26N4. The molecule has 2 fully saturated rings. The van der Waals surface area contributed by atoms with Crippen LogP contribution in [0.5, 0.6) is 0 Å². The van der Waals surface area contributed by atoms with Crippen molar-refractivity contribution in [1.82, 2.24) is 9.88 Å². The van der Waals surface area contributed by atoms with Crippen molar-refractivity contribution < 1.29 is 0 Å². The molecule has 0 saturated carbocycles. The smallest absolute Gasteiger partial charge is 0.130 e. The Hall–Kier alpha value is -1.29. The molecule has 0 radical (unpaired) electrons. The zero-order chi connectivity index (χ0) is 13.8. The highest BCUT2D eigenvalue weighted by Crippen LogP contribution is 2.24. The average molecular weight is 274 g/mol. The SMILES string of the molecule is CNc1cccc(N2CCC(N3CCCCC3)CC2)n1. The number of anilines is 2. The van der Waals surface area contributed by atoms with Gasteiger partial charge in [0.25, 0.3) is 0 Å². The maximum Gasteiger partial charge on any atom is 0.130 e. The van der Waals surface area contributed by atoms with Crippen LogP contribution in [0.2, 0.25) is 0 Å². The minimum Gasteiger partial charge on any atom is -0.373 e. The Morgan fingerprint density at radius 3 is 2.50 bits per heavy atom. The molecule has 0 aliphatic carbocycles. The highest BCUT2D eigenvalue weighted by molar-refractivity contribution is 5.47. The van der Waals surface area contributed by atoms with Crippen molar-refractivity contribution in [3.63, 3.8) is 0 Å². The van der Waals surface area contributed by atoms with Gasteiger partial charge >= 0.3 is 0 Å². The first-order valence-electron chi connectivity index (χ1n) is 8.00. The molecule has 1 N–H and O–H groups in total. The normalized spacial score (nSPS) is 21.9. The van der Waals surface area contributed by atoms with Gasteiger partial charge in [0.1, 0.15) is 11.6 Å². The van der Waals surface area contributed by atoms with E-state index in [0.717, 1.165) is 30.8 Å². The molecule has 1 aromatic rings. The van der Waals surface area contributed by atoms with Crippen LogP contribution in [-0.2, 0) is 0 Å². The van der Waals surface area contributed by atoms with Crippen LogP contribution >= 0.6 is 0 Å². The lowest BCUT2D eigenvalue weighted by molar-refractivity contribution is 0.141. The van der Waals surface area contributed by atoms with Gasteiger partial charge in [0, 0.05) is 26.2 Å². The van der Waals surface area contributed by atoms with Crippen molar-refractivity contribution in [2.75, 3.05) is 43.4 Å². The second-order valence-electron chi connectivity index (χ2n) is 5.95. The molecule has 3 heterocycles. The Labute approximate surface area is 122 Å². The standard InChI is InChI=1S/C16H26N4/c1-17-15-6-5-7-16(18-15)20-12-8-14(9-13-20)19-10-3-2-4-11-19/h5-7,14H,2-4,8-13H2,1H3,(H,17,18). The Morgan fingerprint density at radius 1 is 1.05 bits per heavy atom. The van der Waals surface area contributed by atoms with Crippen LogP contribution in [0.4, 0.5) is 11.6 Å². The monoisotopic (exact) mass is 274 g/mol. The molecule has 0 bridgehead atoms. The summed E-state index contributed by atoms with van der Waals surface area (Å²) < 4.78 is 0. The van der Waals surface area contributed by atoms with Crippen molar-refractivity contribution in [2.45, 2.75) is 38.1 Å². The third-order valence-corrected chi connectivity index (χ3v) is 4.69. The third kappa shape index (κ3) is 3.06. The summed E-state index contributed by atoms with van der Waals surface area (Å²) in [6.45, 7) is 4.92. The van der Waals surface area contributed by atoms with Gasteiger partial charge in [-0.25, -0.2) is 4.98 Å². The van der Waals surface area contributed by atoms with Gasteiger partial charge < -0.3 is 15.1 Å². The Morgan fingerprint density at radius 2 is 1.80 bits per heavy atom. The van der Waals surface area contributed by atoms with E-state index in [-0.39, 0.29) is 0 Å². The largest absolute Gasteiger partial charge is 0.373 e. The maximum absolute atomic E-state index is 4.65. The van der Waals surface area contributed by atoms with Crippen LogP contribution in [0.15, 0.2) is 18.2 Å². The second kappa shape index (κ2) is 6.44. The van der Waals surface area contributed by atoms with Gasteiger partial charge in [-0.2, -0.15) is 0 Å². The summed E-state index contributed by atoms with van der Waals surface area (Å²) in [4.78, 5) is 9.81. The van der Waals surface area contributed by atoms with Gasteiger partial charge in [-0.05, 0) is 50.9 Å². The fourth-order valence-corrected chi connectivity index (χ4v) is 3.48. The fourth-order valence-electron chi connectivity index (χ4n) is 3.48. The summed E-state index contributed by atoms with van der Waals surface area (Å²) in [7, 11) is 1.93. The Kier molecular flexibility index (Phi) is 4.41. The molecule has 0 aromatic carbocycles. The second-order valence-corrected chi connectivity index (χ2v) is 5.95. The lowest BCUT2D eigenvalue weighted by Crippen LogP contribution is -2.46. The maximum atomic E-state index is 4.65. The first kappa shape index (κ1) is 13.7. The van der Waals surface area contributed by atoms with Gasteiger partial charge in [-0.3, -0.25) is 0 Å². The Bertz CT molecular complexity index is 420. The van der Waals surface area contributed by atoms with E-state index in [0.29, 0.717) is 0 Å². The number of rotatable bonds is 3. The van der Waals surface area contributed by atoms with E-state index in [9.17, 15) is 0 Å². The number of hydrogen-bond donors (Lipinski definition) is 1. The summed E-state index contributed by atoms with van der Waals surface area (Å²) in [5.41, 5.74) is 0. The van der Waals surface area contributed by atoms with E-state index in [1.807, 2.05) is 13.1 Å². The van der Waals surface area contributed by atoms with Gasteiger partial charge in [0.15, 0.2) is 0 Å². The third-order valence-electron chi connectivity index (χ3n) is 4.69. The molecule has 20 heavy (non-hydrogen) atoms. The zero-order valence-corrected chi connectivity index (χ0v) is 12.5. The van der Waals surface area contributed by atoms with Crippen LogP contribution in [-0.4, -0.2) is 49.2 Å². The van der Waals surface area contributed by atoms with E-state index >= 15 is 0 Å². The predicted molar refractivity (Wildman–Crippen MR) is 84.4 cm³/mol. The van der Waals surface area contributed by atoms with Gasteiger partial charge in [0.05, 0.1) is 0 Å². The van der Waals surface area contributed by atoms with Crippen molar-refractivity contribution in [3.05, 3.63) is 18.2 Å². The van der Waals surface area contributed by atoms with Crippen LogP contribution in [0.25, 0.3) is 0 Å². The van der Waals surface area contributed by atoms with E-state index in [2.05, 4.69) is 32.2 Å². The van der Waals surface area contributed by atoms with Crippen molar-refractivity contribution in [2.24, 2.45) is 0 Å². The van der Waals surface area contributed by atoms with E-state index in [1.54, 1.807) is 0 Å². The zero-order valence-electron chi connectivity index (χ0n) is 12.5. The van der Waals surface area contributed by atoms with Gasteiger partial charge in [0.2, 0.25) is 0 Å². The van der Waals surface area contributed by atoms with Gasteiger partial charge in [-0.15, -0.1) is 0 Å². The van der Waals surface area contributed by atoms with Crippen LogP contribution in [0, 0.1) is 0 Å². The van der Waals surface area contributed by atoms with Crippen molar-refractivity contribution >= 4 is 11.6 Å². The first-order valence-corrected chi connectivity index (χ1v) is 8.00. The average Bonchev–Trinajstić information content (AvgIpc) is 2.56. The molecule has 0 amide bonds. The molecule has 4 nitrogen and oxygen atoms in total. The lowest BCUT2D eigenvalue weighted by atomic mass is 10.00. The molecule has 0 atom stereocenters. The molecule has 4 heteroatoms. The lowest BCUT2D eigenvalue weighted by Gasteiger charge is -2.40. The van der Waals surface area contributed by atoms with Crippen LogP contribution in [0.3, 0.4) is 0 Å². The number of pyridine rings is 1. The van der Waals surface area contributed by atoms with E-state index in [1.165, 1.54) is 45.2 Å². The Balaban J connectivity index is 1.57. The fraction of sp³-hybridized carbons (Fsp3) is 0.688. The molecule has 1 aromatic heterocycles. The van der Waals surface area contributed by atoms with Crippen LogP contribution < -0.4 is 10.2 Å². The summed E-state index contributed by atoms with van der Waals surface area (Å²) >= 11 is 0. The number of nitrogens with zero attached hydrogens (tertiary/aromatic N) is 3. The van der Waals surface area contributed by atoms with Crippen LogP contribution in [0.1, 0.15) is 32.1 Å². The van der Waals surface area contributed by atoms with E-state index in [4.69, 9.17) is 0 Å². The topological polar surface area (TPSA) is 31.4 Å². The number of nitrogens with one attached hydrogen (secondary N) is 1. The molecular weight excluding hydrogens is 248 g/mol. The summed E-state index contributed by atoms with van der Waals surface area (Å²) in [5, 5.41) is 3.12. The minimum absolute atomic E-state index is 0.805. The number of piperidine rings is 2. The molecule has 110 valence electrons. The summed E-state index contributed by atoms with van der Waals surface area (Å²) in [5.74, 6) is 2.08. The van der Waals surface area contributed by atoms with E-state index < -0.39 is 0 Å². The van der Waals surface area contributed by atoms with Gasteiger partial charge in [-0.1, -0.05) is 12.5 Å². The first-order chi connectivity index (χ1) is 9.86. The number of likely N-dealkylation sites (tertiary alicyclic amines) is 1. The molecule has 2 saturated heterocycles. The summed E-state index contributed by atoms with van der Waals surface area (Å²) in [6, 6.07) is 7.04. The van der Waals surface area contributed by atoms with Crippen molar-refractivity contribution in [3.8, 4) is 0 Å². The summed E-state index contributed by atoms with van der Waals surface area (Å²) in [6.07, 6.45) is 6.78. The molecule has 3 rings (SSSR count). The molecule has 2 aliphatic heterocycles. The highest BCUT2D eigenvalue weighted by atomic mass is 15.2. The number of aromatic nitrogens is 1. The highest BCUT2D eigenvalue weighted by Gasteiger charge is 2.25. The van der Waals surface area contributed by atoms with Crippen molar-refractivity contribution in [1.29, 1.82) is 0 Å². The molecule has 0 unspecified atom stereocenters. The minimum atomic E-state index is 0.805. The molecule has 0 spiro atoms. The number of hydrogen-bond acceptors (Lipinski definition) is 4. The predicted octanol–water partition coefficient (Wildman–Crippen LogP) is 2.58. The molecule has 2 aliphatic rings.